The molecular formula is C20H21FN2O3. The number of rotatable bonds is 5. The standard InChI is InChI=1S/C20H21FN2O3/c21-16-4-2-1-3-15(16)14-7-9-23(13-14)10-8-18(24)17-5-6-19-20(22-17)26-12-11-25-19/h1-6,14H,7-13H2. The molecular weight excluding hydrogens is 335 g/mol. The van der Waals surface area contributed by atoms with Crippen LogP contribution < -0.4 is 9.47 Å². The van der Waals surface area contributed by atoms with E-state index in [1.807, 2.05) is 12.1 Å². The van der Waals surface area contributed by atoms with E-state index in [1.54, 1.807) is 18.2 Å². The Bertz CT molecular complexity index is 811. The quantitative estimate of drug-likeness (QED) is 0.771. The van der Waals surface area contributed by atoms with E-state index in [1.165, 1.54) is 6.07 Å². The number of halogens is 1. The fourth-order valence-corrected chi connectivity index (χ4v) is 3.57. The van der Waals surface area contributed by atoms with E-state index in [-0.39, 0.29) is 17.5 Å². The molecule has 26 heavy (non-hydrogen) atoms. The first-order chi connectivity index (χ1) is 12.7. The Morgan fingerprint density at radius 1 is 1.19 bits per heavy atom. The molecule has 1 unspecified atom stereocenters. The Morgan fingerprint density at radius 3 is 2.92 bits per heavy atom. The van der Waals surface area contributed by atoms with Gasteiger partial charge in [0.15, 0.2) is 11.5 Å². The van der Waals surface area contributed by atoms with Gasteiger partial charge in [-0.05, 0) is 36.7 Å². The van der Waals surface area contributed by atoms with Crippen molar-refractivity contribution in [1.82, 2.24) is 9.88 Å². The third kappa shape index (κ3) is 3.55. The summed E-state index contributed by atoms with van der Waals surface area (Å²) in [6.07, 6.45) is 1.30. The third-order valence-corrected chi connectivity index (χ3v) is 4.96. The number of pyridine rings is 1. The van der Waals surface area contributed by atoms with Crippen LogP contribution in [0.1, 0.15) is 34.8 Å². The number of aromatic nitrogens is 1. The van der Waals surface area contributed by atoms with Crippen molar-refractivity contribution in [3.8, 4) is 11.6 Å². The largest absolute Gasteiger partial charge is 0.484 e. The van der Waals surface area contributed by atoms with E-state index >= 15 is 0 Å². The lowest BCUT2D eigenvalue weighted by Crippen LogP contribution is -2.24. The molecule has 2 aromatic rings. The van der Waals surface area contributed by atoms with Crippen molar-refractivity contribution in [3.05, 3.63) is 53.5 Å². The number of hydrogen-bond donors (Lipinski definition) is 0. The lowest BCUT2D eigenvalue weighted by molar-refractivity contribution is 0.0960. The van der Waals surface area contributed by atoms with Gasteiger partial charge in [0.2, 0.25) is 0 Å². The van der Waals surface area contributed by atoms with Gasteiger partial charge >= 0.3 is 0 Å². The molecule has 2 aliphatic rings. The number of likely N-dealkylation sites (tertiary alicyclic amines) is 1. The molecule has 0 spiro atoms. The van der Waals surface area contributed by atoms with Crippen LogP contribution in [0.25, 0.3) is 0 Å². The maximum absolute atomic E-state index is 13.9. The molecule has 0 bridgehead atoms. The first-order valence-electron chi connectivity index (χ1n) is 8.97. The van der Waals surface area contributed by atoms with E-state index in [0.717, 1.165) is 25.1 Å². The maximum atomic E-state index is 13.9. The summed E-state index contributed by atoms with van der Waals surface area (Å²) in [5, 5.41) is 0. The number of carbonyl (C=O) groups is 1. The zero-order valence-corrected chi connectivity index (χ0v) is 14.5. The summed E-state index contributed by atoms with van der Waals surface area (Å²) >= 11 is 0. The Hall–Kier alpha value is -2.47. The fourth-order valence-electron chi connectivity index (χ4n) is 3.57. The van der Waals surface area contributed by atoms with E-state index in [0.29, 0.717) is 43.5 Å². The summed E-state index contributed by atoms with van der Waals surface area (Å²) in [5.41, 5.74) is 1.17. The second kappa shape index (κ2) is 7.41. The third-order valence-electron chi connectivity index (χ3n) is 4.96. The predicted octanol–water partition coefficient (Wildman–Crippen LogP) is 3.05. The van der Waals surface area contributed by atoms with Gasteiger partial charge in [0, 0.05) is 25.4 Å². The Morgan fingerprint density at radius 2 is 2.04 bits per heavy atom. The van der Waals surface area contributed by atoms with E-state index in [9.17, 15) is 9.18 Å². The molecule has 1 fully saturated rings. The van der Waals surface area contributed by atoms with Crippen molar-refractivity contribution in [2.75, 3.05) is 32.8 Å². The first kappa shape index (κ1) is 17.0. The number of Topliss-reactive ketones (excluding diaryl/α,β-unsaturated/α-hetero) is 1. The number of ether oxygens (including phenoxy) is 2. The highest BCUT2D eigenvalue weighted by Crippen LogP contribution is 2.30. The van der Waals surface area contributed by atoms with Crippen molar-refractivity contribution in [1.29, 1.82) is 0 Å². The molecule has 1 aromatic heterocycles. The number of nitrogens with zero attached hydrogens (tertiary/aromatic N) is 2. The molecule has 5 nitrogen and oxygen atoms in total. The normalized spacial score (nSPS) is 19.5. The van der Waals surface area contributed by atoms with Crippen LogP contribution in [0.15, 0.2) is 36.4 Å². The molecule has 0 aliphatic carbocycles. The molecule has 2 aliphatic heterocycles. The van der Waals surface area contributed by atoms with Gasteiger partial charge in [0.05, 0.1) is 0 Å². The summed E-state index contributed by atoms with van der Waals surface area (Å²) < 4.78 is 24.8. The van der Waals surface area contributed by atoms with E-state index in [2.05, 4.69) is 9.88 Å². The molecule has 1 atom stereocenters. The molecule has 1 aromatic carbocycles. The molecule has 0 saturated carbocycles. The van der Waals surface area contributed by atoms with Crippen LogP contribution in [-0.4, -0.2) is 48.5 Å². The lowest BCUT2D eigenvalue weighted by atomic mass is 9.98. The fraction of sp³-hybridized carbons (Fsp3) is 0.400. The van der Waals surface area contributed by atoms with Crippen molar-refractivity contribution in [3.63, 3.8) is 0 Å². The number of ketones is 1. The van der Waals surface area contributed by atoms with Gasteiger partial charge in [-0.25, -0.2) is 9.37 Å². The van der Waals surface area contributed by atoms with Gasteiger partial charge in [-0.2, -0.15) is 0 Å². The van der Waals surface area contributed by atoms with Crippen molar-refractivity contribution in [2.45, 2.75) is 18.8 Å². The van der Waals surface area contributed by atoms with Gasteiger partial charge in [0.25, 0.3) is 5.88 Å². The Labute approximate surface area is 151 Å². The summed E-state index contributed by atoms with van der Waals surface area (Å²) in [7, 11) is 0. The van der Waals surface area contributed by atoms with Crippen LogP contribution in [0.5, 0.6) is 11.6 Å². The number of fused-ring (bicyclic) bond motifs is 1. The second-order valence-corrected chi connectivity index (χ2v) is 6.68. The van der Waals surface area contributed by atoms with Crippen molar-refractivity contribution in [2.24, 2.45) is 0 Å². The summed E-state index contributed by atoms with van der Waals surface area (Å²) in [5.74, 6) is 1.01. The minimum Gasteiger partial charge on any atom is -0.484 e. The molecule has 0 radical (unpaired) electrons. The van der Waals surface area contributed by atoms with Crippen LogP contribution in [0.4, 0.5) is 4.39 Å². The zero-order valence-electron chi connectivity index (χ0n) is 14.5. The molecule has 136 valence electrons. The minimum atomic E-state index is -0.143. The number of benzene rings is 1. The molecule has 3 heterocycles. The highest BCUT2D eigenvalue weighted by Gasteiger charge is 2.26. The highest BCUT2D eigenvalue weighted by atomic mass is 19.1. The van der Waals surface area contributed by atoms with Crippen LogP contribution in [0.2, 0.25) is 0 Å². The van der Waals surface area contributed by atoms with Gasteiger partial charge in [-0.15, -0.1) is 0 Å². The van der Waals surface area contributed by atoms with Crippen LogP contribution in [-0.2, 0) is 0 Å². The van der Waals surface area contributed by atoms with Gasteiger partial charge in [0.1, 0.15) is 24.7 Å². The molecule has 0 amide bonds. The monoisotopic (exact) mass is 356 g/mol. The Balaban J connectivity index is 1.33. The summed E-state index contributed by atoms with van der Waals surface area (Å²) in [6, 6.07) is 10.4. The molecule has 6 heteroatoms. The van der Waals surface area contributed by atoms with Crippen molar-refractivity contribution >= 4 is 5.78 Å². The van der Waals surface area contributed by atoms with Gasteiger partial charge in [-0.1, -0.05) is 18.2 Å². The van der Waals surface area contributed by atoms with Crippen LogP contribution in [0.3, 0.4) is 0 Å². The highest BCUT2D eigenvalue weighted by molar-refractivity contribution is 5.94. The summed E-state index contributed by atoms with van der Waals surface area (Å²) in [6.45, 7) is 3.26. The summed E-state index contributed by atoms with van der Waals surface area (Å²) in [4.78, 5) is 18.9. The van der Waals surface area contributed by atoms with Crippen LogP contribution in [0, 0.1) is 5.82 Å². The van der Waals surface area contributed by atoms with E-state index in [4.69, 9.17) is 9.47 Å². The molecule has 1 saturated heterocycles. The number of hydrogen-bond acceptors (Lipinski definition) is 5. The van der Waals surface area contributed by atoms with E-state index < -0.39 is 0 Å². The molecule has 4 rings (SSSR count). The lowest BCUT2D eigenvalue weighted by Gasteiger charge is -2.18. The zero-order chi connectivity index (χ0) is 17.9. The average Bonchev–Trinajstić information content (AvgIpc) is 3.15. The maximum Gasteiger partial charge on any atom is 0.257 e. The minimum absolute atomic E-state index is 0.0173. The topological polar surface area (TPSA) is 51.7 Å². The van der Waals surface area contributed by atoms with Crippen LogP contribution >= 0.6 is 0 Å². The SMILES string of the molecule is O=C(CCN1CCC(c2ccccc2F)C1)c1ccc2c(n1)OCCO2. The predicted molar refractivity (Wildman–Crippen MR) is 94.4 cm³/mol. The Kier molecular flexibility index (Phi) is 4.84. The number of carbonyl (C=O) groups excluding carboxylic acids is 1. The van der Waals surface area contributed by atoms with Crippen molar-refractivity contribution < 1.29 is 18.7 Å². The van der Waals surface area contributed by atoms with Gasteiger partial charge < -0.3 is 14.4 Å². The smallest absolute Gasteiger partial charge is 0.257 e. The van der Waals surface area contributed by atoms with Gasteiger partial charge in [-0.3, -0.25) is 4.79 Å². The first-order valence-corrected chi connectivity index (χ1v) is 8.97. The average molecular weight is 356 g/mol. The second-order valence-electron chi connectivity index (χ2n) is 6.68. The molecule has 0 N–H and O–H groups in total.